The highest BCUT2D eigenvalue weighted by Gasteiger charge is 2.09. The molecule has 0 aliphatic carbocycles. The minimum atomic E-state index is -0.476. The van der Waals surface area contributed by atoms with Gasteiger partial charge in [0.1, 0.15) is 17.2 Å². The summed E-state index contributed by atoms with van der Waals surface area (Å²) in [6.45, 7) is 8.27. The van der Waals surface area contributed by atoms with E-state index < -0.39 is 17.9 Å². The Hall–Kier alpha value is -4.07. The van der Waals surface area contributed by atoms with Gasteiger partial charge in [-0.05, 0) is 74.2 Å². The highest BCUT2D eigenvalue weighted by atomic mass is 16.5. The molecule has 8 nitrogen and oxygen atoms in total. The van der Waals surface area contributed by atoms with Crippen molar-refractivity contribution in [3.63, 3.8) is 0 Å². The van der Waals surface area contributed by atoms with Crippen LogP contribution in [0.15, 0.2) is 73.8 Å². The molecule has 192 valence electrons. The zero-order chi connectivity index (χ0) is 26.0. The van der Waals surface area contributed by atoms with Crippen LogP contribution in [0.4, 0.5) is 0 Å². The predicted molar refractivity (Wildman–Crippen MR) is 134 cm³/mol. The van der Waals surface area contributed by atoms with Crippen molar-refractivity contribution < 1.29 is 38.1 Å². The molecule has 2 aromatic rings. The van der Waals surface area contributed by atoms with Crippen LogP contribution in [0.1, 0.15) is 42.5 Å². The molecule has 0 heterocycles. The molecular formula is C28H32O8. The first-order valence-electron chi connectivity index (χ1n) is 11.8. The fraction of sp³-hybridized carbons (Fsp3) is 0.321. The van der Waals surface area contributed by atoms with Crippen molar-refractivity contribution in [3.8, 4) is 17.2 Å². The van der Waals surface area contributed by atoms with Gasteiger partial charge in [-0.15, -0.1) is 0 Å². The third kappa shape index (κ3) is 11.4. The Bertz CT molecular complexity index is 980. The molecule has 0 atom stereocenters. The van der Waals surface area contributed by atoms with E-state index in [1.807, 2.05) is 0 Å². The summed E-state index contributed by atoms with van der Waals surface area (Å²) in [5.74, 6) is 0.349. The van der Waals surface area contributed by atoms with Crippen molar-refractivity contribution in [2.45, 2.75) is 32.1 Å². The van der Waals surface area contributed by atoms with E-state index in [1.54, 1.807) is 48.5 Å². The quantitative estimate of drug-likeness (QED) is 0.130. The largest absolute Gasteiger partial charge is 0.494 e. The third-order valence-corrected chi connectivity index (χ3v) is 4.81. The number of hydrogen-bond acceptors (Lipinski definition) is 8. The molecule has 8 heteroatoms. The van der Waals surface area contributed by atoms with Crippen molar-refractivity contribution in [1.29, 1.82) is 0 Å². The molecule has 0 aliphatic heterocycles. The minimum Gasteiger partial charge on any atom is -0.494 e. The third-order valence-electron chi connectivity index (χ3n) is 4.81. The van der Waals surface area contributed by atoms with Crippen LogP contribution in [0.3, 0.4) is 0 Å². The lowest BCUT2D eigenvalue weighted by atomic mass is 10.2. The van der Waals surface area contributed by atoms with Crippen LogP contribution in [-0.4, -0.2) is 44.3 Å². The van der Waals surface area contributed by atoms with E-state index in [9.17, 15) is 14.4 Å². The van der Waals surface area contributed by atoms with Gasteiger partial charge >= 0.3 is 17.9 Å². The molecule has 0 radical (unpaired) electrons. The standard InChI is InChI=1S/C28H32O8/c1-3-26(29)34-19-8-6-5-7-18-32-23-12-10-22(11-13-23)28(31)36-25-16-14-24(15-17-25)33-20-9-21-35-27(30)4-2/h3-4,10-17H,1-2,5-9,18-21H2. The molecule has 0 aromatic heterocycles. The highest BCUT2D eigenvalue weighted by molar-refractivity contribution is 5.91. The van der Waals surface area contributed by atoms with Gasteiger partial charge in [0.2, 0.25) is 0 Å². The van der Waals surface area contributed by atoms with E-state index in [0.29, 0.717) is 49.1 Å². The first-order valence-corrected chi connectivity index (χ1v) is 11.8. The first-order chi connectivity index (χ1) is 17.5. The molecule has 2 aromatic carbocycles. The SMILES string of the molecule is C=CC(=O)OCCCCCCOc1ccc(C(=O)Oc2ccc(OCCCOC(=O)C=C)cc2)cc1. The maximum absolute atomic E-state index is 12.4. The molecule has 0 N–H and O–H groups in total. The Morgan fingerprint density at radius 3 is 1.58 bits per heavy atom. The molecule has 0 unspecified atom stereocenters. The minimum absolute atomic E-state index is 0.251. The summed E-state index contributed by atoms with van der Waals surface area (Å²) in [7, 11) is 0. The van der Waals surface area contributed by atoms with Crippen LogP contribution in [0.2, 0.25) is 0 Å². The topological polar surface area (TPSA) is 97.4 Å². The Kier molecular flexibility index (Phi) is 12.9. The van der Waals surface area contributed by atoms with Crippen LogP contribution in [0, 0.1) is 0 Å². The number of benzene rings is 2. The van der Waals surface area contributed by atoms with Gasteiger partial charge in [-0.3, -0.25) is 0 Å². The number of unbranched alkanes of at least 4 members (excludes halogenated alkanes) is 3. The van der Waals surface area contributed by atoms with Gasteiger partial charge in [-0.2, -0.15) is 0 Å². The predicted octanol–water partition coefficient (Wildman–Crippen LogP) is 5.07. The van der Waals surface area contributed by atoms with Crippen LogP contribution in [0.25, 0.3) is 0 Å². The zero-order valence-electron chi connectivity index (χ0n) is 20.3. The molecular weight excluding hydrogens is 464 g/mol. The maximum Gasteiger partial charge on any atom is 0.343 e. The second-order valence-corrected chi connectivity index (χ2v) is 7.59. The maximum atomic E-state index is 12.4. The molecule has 0 aliphatic rings. The number of ether oxygens (including phenoxy) is 5. The van der Waals surface area contributed by atoms with Crippen LogP contribution in [-0.2, 0) is 19.1 Å². The number of hydrogen-bond donors (Lipinski definition) is 0. The molecule has 0 saturated heterocycles. The summed E-state index contributed by atoms with van der Waals surface area (Å²) in [6, 6.07) is 13.5. The van der Waals surface area contributed by atoms with Crippen molar-refractivity contribution >= 4 is 17.9 Å². The van der Waals surface area contributed by atoms with Crippen LogP contribution in [0.5, 0.6) is 17.2 Å². The number of carbonyl (C=O) groups is 3. The lowest BCUT2D eigenvalue weighted by Gasteiger charge is -2.09. The van der Waals surface area contributed by atoms with E-state index in [4.69, 9.17) is 23.7 Å². The lowest BCUT2D eigenvalue weighted by Crippen LogP contribution is -2.08. The molecule has 0 saturated carbocycles. The number of rotatable bonds is 17. The van der Waals surface area contributed by atoms with E-state index >= 15 is 0 Å². The molecule has 0 amide bonds. The van der Waals surface area contributed by atoms with Gasteiger partial charge in [0, 0.05) is 18.6 Å². The number of carbonyl (C=O) groups excluding carboxylic acids is 3. The number of esters is 3. The Morgan fingerprint density at radius 2 is 1.03 bits per heavy atom. The summed E-state index contributed by atoms with van der Waals surface area (Å²) < 4.78 is 26.5. The molecule has 2 rings (SSSR count). The van der Waals surface area contributed by atoms with E-state index in [0.717, 1.165) is 37.8 Å². The molecule has 0 fully saturated rings. The summed E-state index contributed by atoms with van der Waals surface area (Å²) in [6.07, 6.45) is 6.41. The molecule has 0 bridgehead atoms. The normalized spacial score (nSPS) is 10.1. The van der Waals surface area contributed by atoms with Crippen molar-refractivity contribution in [2.75, 3.05) is 26.4 Å². The highest BCUT2D eigenvalue weighted by Crippen LogP contribution is 2.20. The second-order valence-electron chi connectivity index (χ2n) is 7.59. The van der Waals surface area contributed by atoms with Crippen molar-refractivity contribution in [2.24, 2.45) is 0 Å². The first kappa shape index (κ1) is 28.2. The average Bonchev–Trinajstić information content (AvgIpc) is 2.90. The van der Waals surface area contributed by atoms with Crippen molar-refractivity contribution in [3.05, 3.63) is 79.4 Å². The van der Waals surface area contributed by atoms with Gasteiger partial charge < -0.3 is 23.7 Å². The van der Waals surface area contributed by atoms with Gasteiger partial charge in [-0.25, -0.2) is 14.4 Å². The molecule has 0 spiro atoms. The van der Waals surface area contributed by atoms with E-state index in [2.05, 4.69) is 13.2 Å². The monoisotopic (exact) mass is 496 g/mol. The summed E-state index contributed by atoms with van der Waals surface area (Å²) >= 11 is 0. The van der Waals surface area contributed by atoms with E-state index in [-0.39, 0.29) is 6.61 Å². The summed E-state index contributed by atoms with van der Waals surface area (Å²) in [5, 5.41) is 0. The van der Waals surface area contributed by atoms with E-state index in [1.165, 1.54) is 0 Å². The lowest BCUT2D eigenvalue weighted by molar-refractivity contribution is -0.138. The fourth-order valence-corrected chi connectivity index (χ4v) is 2.92. The Morgan fingerprint density at radius 1 is 0.583 bits per heavy atom. The zero-order valence-corrected chi connectivity index (χ0v) is 20.3. The van der Waals surface area contributed by atoms with Crippen LogP contribution < -0.4 is 14.2 Å². The smallest absolute Gasteiger partial charge is 0.343 e. The Balaban J connectivity index is 1.63. The fourth-order valence-electron chi connectivity index (χ4n) is 2.92. The van der Waals surface area contributed by atoms with Gasteiger partial charge in [0.05, 0.1) is 32.0 Å². The van der Waals surface area contributed by atoms with Crippen molar-refractivity contribution in [1.82, 2.24) is 0 Å². The van der Waals surface area contributed by atoms with Gasteiger partial charge in [-0.1, -0.05) is 13.2 Å². The Labute approximate surface area is 211 Å². The molecule has 36 heavy (non-hydrogen) atoms. The van der Waals surface area contributed by atoms with Crippen LogP contribution >= 0.6 is 0 Å². The summed E-state index contributed by atoms with van der Waals surface area (Å²) in [5.41, 5.74) is 0.408. The summed E-state index contributed by atoms with van der Waals surface area (Å²) in [4.78, 5) is 34.3. The van der Waals surface area contributed by atoms with Gasteiger partial charge in [0.25, 0.3) is 0 Å². The average molecular weight is 497 g/mol. The second kappa shape index (κ2) is 16.5. The van der Waals surface area contributed by atoms with Gasteiger partial charge in [0.15, 0.2) is 0 Å².